The molecule has 5 fully saturated rings. The molecule has 5 heteroatoms. The molecule has 5 aliphatic rings. The first-order valence-electron chi connectivity index (χ1n) is 12.8. The Labute approximate surface area is 215 Å². The summed E-state index contributed by atoms with van der Waals surface area (Å²) in [4.78, 5) is 38.9. The summed E-state index contributed by atoms with van der Waals surface area (Å²) in [6.45, 7) is 6.77. The van der Waals surface area contributed by atoms with E-state index in [9.17, 15) is 14.4 Å². The summed E-state index contributed by atoms with van der Waals surface area (Å²) in [5.74, 6) is 0.655. The molecular formula is C30H54O5. The van der Waals surface area contributed by atoms with Crippen molar-refractivity contribution in [2.45, 2.75) is 114 Å². The molecule has 2 saturated heterocycles. The van der Waals surface area contributed by atoms with Gasteiger partial charge < -0.3 is 9.47 Å². The second-order valence-electron chi connectivity index (χ2n) is 11.5. The average Bonchev–Trinajstić information content (AvgIpc) is 3.49. The molecule has 2 heterocycles. The highest BCUT2D eigenvalue weighted by Crippen LogP contribution is 2.68. The summed E-state index contributed by atoms with van der Waals surface area (Å²) >= 11 is 0. The van der Waals surface area contributed by atoms with Crippen LogP contribution >= 0.6 is 0 Å². The molecule has 35 heavy (non-hydrogen) atoms. The lowest BCUT2D eigenvalue weighted by Crippen LogP contribution is -2.44. The van der Waals surface area contributed by atoms with Crippen LogP contribution in [-0.2, 0) is 23.9 Å². The Morgan fingerprint density at radius 2 is 1.71 bits per heavy atom. The van der Waals surface area contributed by atoms with E-state index in [1.807, 2.05) is 6.92 Å². The van der Waals surface area contributed by atoms with Crippen molar-refractivity contribution in [2.75, 3.05) is 6.61 Å². The van der Waals surface area contributed by atoms with Gasteiger partial charge in [0.05, 0.1) is 17.9 Å². The van der Waals surface area contributed by atoms with Crippen LogP contribution in [0.5, 0.6) is 0 Å². The first kappa shape index (κ1) is 31.8. The predicted molar refractivity (Wildman–Crippen MR) is 142 cm³/mol. The van der Waals surface area contributed by atoms with Crippen molar-refractivity contribution >= 4 is 17.7 Å². The van der Waals surface area contributed by atoms with Gasteiger partial charge in [-0.3, -0.25) is 14.4 Å². The zero-order valence-corrected chi connectivity index (χ0v) is 19.3. The minimum absolute atomic E-state index is 0. The minimum atomic E-state index is -0.697. The SMILES string of the molecule is C.C.C.C.CCC1(CC(=O)C(C)C2C(=O)OC(=O)C2C2OCCCC2C)CC2CC1C1CCCC21. The highest BCUT2D eigenvalue weighted by atomic mass is 16.6. The number of carbonyl (C=O) groups is 3. The Balaban J connectivity index is 0.00000153. The van der Waals surface area contributed by atoms with Crippen molar-refractivity contribution in [3.05, 3.63) is 0 Å². The Morgan fingerprint density at radius 3 is 2.37 bits per heavy atom. The second kappa shape index (κ2) is 11.9. The fourth-order valence-corrected chi connectivity index (χ4v) is 8.63. The van der Waals surface area contributed by atoms with Gasteiger partial charge in [-0.15, -0.1) is 0 Å². The molecule has 0 spiro atoms. The topological polar surface area (TPSA) is 69.7 Å². The van der Waals surface area contributed by atoms with Gasteiger partial charge in [0, 0.05) is 18.9 Å². The minimum Gasteiger partial charge on any atom is -0.393 e. The van der Waals surface area contributed by atoms with Gasteiger partial charge in [0.2, 0.25) is 0 Å². The number of cyclic esters (lactones) is 2. The zero-order chi connectivity index (χ0) is 21.9. The molecule has 5 rings (SSSR count). The number of hydrogen-bond donors (Lipinski definition) is 0. The van der Waals surface area contributed by atoms with Crippen LogP contribution in [0.15, 0.2) is 0 Å². The monoisotopic (exact) mass is 494 g/mol. The third-order valence-corrected chi connectivity index (χ3v) is 10.2. The van der Waals surface area contributed by atoms with Gasteiger partial charge >= 0.3 is 11.9 Å². The van der Waals surface area contributed by atoms with Gasteiger partial charge in [-0.2, -0.15) is 0 Å². The van der Waals surface area contributed by atoms with Gasteiger partial charge in [0.1, 0.15) is 5.78 Å². The lowest BCUT2D eigenvalue weighted by atomic mass is 9.61. The summed E-state index contributed by atoms with van der Waals surface area (Å²) in [5, 5.41) is 0. The summed E-state index contributed by atoms with van der Waals surface area (Å²) < 4.78 is 11.0. The largest absolute Gasteiger partial charge is 0.393 e. The molecule has 0 amide bonds. The molecule has 5 nitrogen and oxygen atoms in total. The maximum Gasteiger partial charge on any atom is 0.320 e. The van der Waals surface area contributed by atoms with Gasteiger partial charge in [0.15, 0.2) is 0 Å². The molecule has 10 atom stereocenters. The van der Waals surface area contributed by atoms with Gasteiger partial charge in [0.25, 0.3) is 0 Å². The Hall–Kier alpha value is -1.23. The van der Waals surface area contributed by atoms with E-state index in [1.165, 1.54) is 32.1 Å². The fraction of sp³-hybridized carbons (Fsp3) is 0.900. The number of ether oxygens (including phenoxy) is 2. The van der Waals surface area contributed by atoms with E-state index in [0.29, 0.717) is 18.9 Å². The zero-order valence-electron chi connectivity index (χ0n) is 19.3. The van der Waals surface area contributed by atoms with Crippen molar-refractivity contribution in [3.63, 3.8) is 0 Å². The van der Waals surface area contributed by atoms with E-state index in [2.05, 4.69) is 13.8 Å². The number of esters is 2. The Kier molecular flexibility index (Phi) is 10.8. The molecule has 204 valence electrons. The quantitative estimate of drug-likeness (QED) is 0.291. The lowest BCUT2D eigenvalue weighted by Gasteiger charge is -2.43. The smallest absolute Gasteiger partial charge is 0.320 e. The highest BCUT2D eigenvalue weighted by Gasteiger charge is 2.61. The lowest BCUT2D eigenvalue weighted by molar-refractivity contribution is -0.156. The molecule has 0 aromatic rings. The maximum absolute atomic E-state index is 13.6. The molecule has 0 N–H and O–H groups in total. The third-order valence-electron chi connectivity index (χ3n) is 10.2. The Morgan fingerprint density at radius 1 is 1.03 bits per heavy atom. The molecule has 10 unspecified atom stereocenters. The van der Waals surface area contributed by atoms with Crippen LogP contribution in [0.4, 0.5) is 0 Å². The van der Waals surface area contributed by atoms with Gasteiger partial charge in [-0.25, -0.2) is 0 Å². The van der Waals surface area contributed by atoms with Gasteiger partial charge in [-0.05, 0) is 80.0 Å². The van der Waals surface area contributed by atoms with Crippen LogP contribution in [0.3, 0.4) is 0 Å². The van der Waals surface area contributed by atoms with E-state index in [-0.39, 0.29) is 52.9 Å². The average molecular weight is 495 g/mol. The molecular weight excluding hydrogens is 440 g/mol. The van der Waals surface area contributed by atoms with E-state index >= 15 is 0 Å². The highest BCUT2D eigenvalue weighted by molar-refractivity contribution is 6.00. The normalized spacial score (nSPS) is 42.0. The van der Waals surface area contributed by atoms with Crippen molar-refractivity contribution in [1.29, 1.82) is 0 Å². The number of ketones is 1. The molecule has 0 aromatic heterocycles. The van der Waals surface area contributed by atoms with E-state index in [1.54, 1.807) is 0 Å². The predicted octanol–water partition coefficient (Wildman–Crippen LogP) is 7.11. The first-order valence-corrected chi connectivity index (χ1v) is 12.8. The van der Waals surface area contributed by atoms with Gasteiger partial charge in [-0.1, -0.05) is 56.9 Å². The van der Waals surface area contributed by atoms with E-state index < -0.39 is 29.7 Å². The van der Waals surface area contributed by atoms with Crippen LogP contribution in [-0.4, -0.2) is 30.4 Å². The van der Waals surface area contributed by atoms with Crippen molar-refractivity contribution in [3.8, 4) is 0 Å². The molecule has 2 aliphatic heterocycles. The number of hydrogen-bond acceptors (Lipinski definition) is 5. The van der Waals surface area contributed by atoms with Crippen LogP contribution in [0.1, 0.15) is 108 Å². The van der Waals surface area contributed by atoms with Crippen molar-refractivity contribution < 1.29 is 23.9 Å². The molecule has 3 saturated carbocycles. The standard InChI is InChI=1S/C26H38O5.4CH4/c1-4-26(12-16-11-19(26)18-9-5-8-17(16)18)13-20(27)15(3)21-22(25(29)31-24(21)28)23-14(2)7-6-10-30-23;;;;/h14-19,21-23H,4-13H2,1-3H3;4*1H4. The molecule has 3 aliphatic carbocycles. The van der Waals surface area contributed by atoms with Crippen molar-refractivity contribution in [2.24, 2.45) is 52.8 Å². The van der Waals surface area contributed by atoms with Crippen LogP contribution in [0.2, 0.25) is 0 Å². The number of Topliss-reactive ketones (excluding diaryl/α,β-unsaturated/α-hetero) is 1. The number of fused-ring (bicyclic) bond motifs is 5. The van der Waals surface area contributed by atoms with Crippen LogP contribution < -0.4 is 0 Å². The fourth-order valence-electron chi connectivity index (χ4n) is 8.63. The molecule has 0 radical (unpaired) electrons. The first-order chi connectivity index (χ1) is 14.9. The summed E-state index contributed by atoms with van der Waals surface area (Å²) in [7, 11) is 0. The van der Waals surface area contributed by atoms with Crippen molar-refractivity contribution in [1.82, 2.24) is 0 Å². The summed E-state index contributed by atoms with van der Waals surface area (Å²) in [6, 6.07) is 0. The number of rotatable bonds is 6. The van der Waals surface area contributed by atoms with Crippen LogP contribution in [0.25, 0.3) is 0 Å². The summed E-state index contributed by atoms with van der Waals surface area (Å²) in [6.07, 6.45) is 9.75. The maximum atomic E-state index is 13.6. The second-order valence-corrected chi connectivity index (χ2v) is 11.5. The van der Waals surface area contributed by atoms with E-state index in [0.717, 1.165) is 37.0 Å². The number of carbonyl (C=O) groups excluding carboxylic acids is 3. The van der Waals surface area contributed by atoms with Crippen LogP contribution in [0, 0.1) is 52.8 Å². The third kappa shape index (κ3) is 5.00. The van der Waals surface area contributed by atoms with E-state index in [4.69, 9.17) is 9.47 Å². The molecule has 0 aromatic carbocycles. The molecule has 2 bridgehead atoms. The summed E-state index contributed by atoms with van der Waals surface area (Å²) in [5.41, 5.74) is 0.0954. The Bertz CT molecular complexity index is 762.